The lowest BCUT2D eigenvalue weighted by atomic mass is 10.2. The fraction of sp³-hybridized carbons (Fsp3) is 0.312. The Morgan fingerprint density at radius 2 is 2.39 bits per heavy atom. The monoisotopic (exact) mass is 387 g/mol. The van der Waals surface area contributed by atoms with Crippen molar-refractivity contribution in [3.8, 4) is 0 Å². The van der Waals surface area contributed by atoms with Gasteiger partial charge in [0.25, 0.3) is 0 Å². The van der Waals surface area contributed by atoms with Crippen molar-refractivity contribution in [3.05, 3.63) is 36.8 Å². The van der Waals surface area contributed by atoms with Crippen LogP contribution in [0.4, 0.5) is 10.6 Å². The first-order chi connectivity index (χ1) is 13.7. The molecular formula is C16H17N7O5. The number of aliphatic hydroxyl groups is 1. The van der Waals surface area contributed by atoms with Crippen LogP contribution >= 0.6 is 0 Å². The first kappa shape index (κ1) is 17.9. The van der Waals surface area contributed by atoms with Gasteiger partial charge in [0.05, 0.1) is 25.4 Å². The number of carbonyl (C=O) groups excluding carboxylic acids is 1. The Labute approximate surface area is 158 Å². The van der Waals surface area contributed by atoms with Gasteiger partial charge >= 0.3 is 6.09 Å². The fourth-order valence-corrected chi connectivity index (χ4v) is 2.92. The van der Waals surface area contributed by atoms with Crippen LogP contribution < -0.4 is 11.2 Å². The molecule has 0 spiro atoms. The van der Waals surface area contributed by atoms with Crippen molar-refractivity contribution in [1.82, 2.24) is 24.9 Å². The predicted molar refractivity (Wildman–Crippen MR) is 95.1 cm³/mol. The molecule has 1 aliphatic rings. The van der Waals surface area contributed by atoms with Gasteiger partial charge in [-0.15, -0.1) is 0 Å². The number of nitrogens with two attached hydrogens (primary N) is 1. The largest absolute Gasteiger partial charge is 0.463 e. The molecule has 0 radical (unpaired) electrons. The van der Waals surface area contributed by atoms with Crippen LogP contribution in [0.2, 0.25) is 0 Å². The van der Waals surface area contributed by atoms with Crippen LogP contribution in [0.5, 0.6) is 0 Å². The van der Waals surface area contributed by atoms with Crippen LogP contribution in [0.25, 0.3) is 11.2 Å². The number of hydrazone groups is 1. The van der Waals surface area contributed by atoms with Crippen LogP contribution in [0.15, 0.2) is 40.6 Å². The van der Waals surface area contributed by atoms with Crippen molar-refractivity contribution in [2.45, 2.75) is 24.9 Å². The molecule has 1 fully saturated rings. The van der Waals surface area contributed by atoms with Crippen LogP contribution in [0.1, 0.15) is 18.4 Å². The number of ether oxygens (including phenoxy) is 2. The number of imidazole rings is 1. The first-order valence-electron chi connectivity index (χ1n) is 8.38. The quantitative estimate of drug-likeness (QED) is 0.415. The molecule has 1 aliphatic heterocycles. The summed E-state index contributed by atoms with van der Waals surface area (Å²) in [5.41, 5.74) is 8.96. The number of rotatable bonds is 5. The maximum atomic E-state index is 12.0. The van der Waals surface area contributed by atoms with Gasteiger partial charge in [-0.1, -0.05) is 0 Å². The third-order valence-electron chi connectivity index (χ3n) is 4.21. The van der Waals surface area contributed by atoms with Crippen molar-refractivity contribution in [3.63, 3.8) is 0 Å². The lowest BCUT2D eigenvalue weighted by Crippen LogP contribution is -2.33. The second-order valence-corrected chi connectivity index (χ2v) is 5.96. The van der Waals surface area contributed by atoms with Gasteiger partial charge in [0.1, 0.15) is 36.0 Å². The molecule has 12 heteroatoms. The van der Waals surface area contributed by atoms with Gasteiger partial charge in [0, 0.05) is 6.42 Å². The summed E-state index contributed by atoms with van der Waals surface area (Å²) in [5.74, 6) is 0.730. The van der Waals surface area contributed by atoms with E-state index in [0.29, 0.717) is 16.9 Å². The predicted octanol–water partition coefficient (Wildman–Crippen LogP) is 0.410. The first-order valence-corrected chi connectivity index (χ1v) is 8.38. The molecule has 3 atom stereocenters. The third kappa shape index (κ3) is 3.50. The minimum absolute atomic E-state index is 0.252. The van der Waals surface area contributed by atoms with Crippen LogP contribution in [0, 0.1) is 0 Å². The highest BCUT2D eigenvalue weighted by Crippen LogP contribution is 2.32. The fourth-order valence-electron chi connectivity index (χ4n) is 2.92. The Bertz CT molecular complexity index is 987. The lowest BCUT2D eigenvalue weighted by Gasteiger charge is -2.15. The second-order valence-electron chi connectivity index (χ2n) is 5.96. The summed E-state index contributed by atoms with van der Waals surface area (Å²) in [6.07, 6.45) is 3.24. The average Bonchev–Trinajstić information content (AvgIpc) is 3.41. The Balaban J connectivity index is 1.42. The summed E-state index contributed by atoms with van der Waals surface area (Å²) < 4.78 is 17.8. The minimum atomic E-state index is -0.780. The summed E-state index contributed by atoms with van der Waals surface area (Å²) in [7, 11) is 0. The Morgan fingerprint density at radius 3 is 3.18 bits per heavy atom. The van der Waals surface area contributed by atoms with E-state index in [1.165, 1.54) is 25.1 Å². The van der Waals surface area contributed by atoms with Crippen molar-refractivity contribution < 1.29 is 23.8 Å². The number of aromatic nitrogens is 4. The molecule has 0 aromatic carbocycles. The number of furan rings is 1. The van der Waals surface area contributed by atoms with E-state index in [0.717, 1.165) is 0 Å². The van der Waals surface area contributed by atoms with E-state index in [1.807, 2.05) is 0 Å². The van der Waals surface area contributed by atoms with Crippen molar-refractivity contribution in [2.24, 2.45) is 5.10 Å². The number of aliphatic hydroxyl groups excluding tert-OH is 1. The zero-order chi connectivity index (χ0) is 19.5. The average molecular weight is 387 g/mol. The molecule has 28 heavy (non-hydrogen) atoms. The summed E-state index contributed by atoms with van der Waals surface area (Å²) >= 11 is 0. The topological polar surface area (TPSA) is 163 Å². The number of nitrogens with one attached hydrogen (secondary N) is 1. The second kappa shape index (κ2) is 7.62. The van der Waals surface area contributed by atoms with E-state index in [1.54, 1.807) is 16.7 Å². The molecule has 4 N–H and O–H groups in total. The number of nitrogen functional groups attached to an aromatic ring is 1. The molecule has 0 aliphatic carbocycles. The molecule has 3 aromatic rings. The number of anilines is 1. The van der Waals surface area contributed by atoms with Crippen LogP contribution in [-0.4, -0.2) is 55.7 Å². The maximum Gasteiger partial charge on any atom is 0.428 e. The number of carbonyl (C=O) groups is 1. The highest BCUT2D eigenvalue weighted by Gasteiger charge is 2.39. The SMILES string of the molecule is Nc1ncnc2c1ncn2[C@H]1C[C@H](OC(=O)N/N=C/c2ccco2)[C@@H](CO)O1. The molecule has 1 saturated heterocycles. The summed E-state index contributed by atoms with van der Waals surface area (Å²) in [4.78, 5) is 24.2. The van der Waals surface area contributed by atoms with Gasteiger partial charge in [0.2, 0.25) is 0 Å². The van der Waals surface area contributed by atoms with Gasteiger partial charge in [-0.2, -0.15) is 5.10 Å². The molecule has 0 saturated carbocycles. The number of hydrogen-bond acceptors (Lipinski definition) is 10. The Kier molecular flexibility index (Phi) is 4.87. The van der Waals surface area contributed by atoms with Crippen molar-refractivity contribution in [1.29, 1.82) is 0 Å². The van der Waals surface area contributed by atoms with Gasteiger partial charge in [-0.05, 0) is 12.1 Å². The standard InChI is InChI=1S/C16H17N7O5/c17-14-13-15(19-7-18-14)23(8-20-13)12-4-10(11(6-24)27-12)28-16(25)22-21-5-9-2-1-3-26-9/h1-3,5,7-8,10-12,24H,4,6H2,(H,22,25)(H2,17,18,19)/b21-5+/t10-,11+,12+/m0/s1. The molecule has 12 nitrogen and oxygen atoms in total. The third-order valence-corrected chi connectivity index (χ3v) is 4.21. The normalized spacial score (nSPS) is 22.1. The zero-order valence-corrected chi connectivity index (χ0v) is 14.5. The summed E-state index contributed by atoms with van der Waals surface area (Å²) in [5, 5.41) is 13.3. The smallest absolute Gasteiger partial charge is 0.428 e. The molecule has 146 valence electrons. The zero-order valence-electron chi connectivity index (χ0n) is 14.5. The molecule has 0 bridgehead atoms. The van der Waals surface area contributed by atoms with Gasteiger partial charge < -0.3 is 24.7 Å². The molecule has 4 rings (SSSR count). The number of fused-ring (bicyclic) bond motifs is 1. The lowest BCUT2D eigenvalue weighted by molar-refractivity contribution is -0.0458. The van der Waals surface area contributed by atoms with E-state index in [-0.39, 0.29) is 18.8 Å². The molecular weight excluding hydrogens is 370 g/mol. The van der Waals surface area contributed by atoms with E-state index in [2.05, 4.69) is 25.5 Å². The molecule has 3 aromatic heterocycles. The van der Waals surface area contributed by atoms with Crippen LogP contribution in [0.3, 0.4) is 0 Å². The molecule has 4 heterocycles. The minimum Gasteiger partial charge on any atom is -0.463 e. The van der Waals surface area contributed by atoms with Crippen molar-refractivity contribution in [2.75, 3.05) is 12.3 Å². The van der Waals surface area contributed by atoms with E-state index in [4.69, 9.17) is 19.6 Å². The maximum absolute atomic E-state index is 12.0. The molecule has 0 unspecified atom stereocenters. The number of nitrogens with zero attached hydrogens (tertiary/aromatic N) is 5. The Hall–Kier alpha value is -3.51. The highest BCUT2D eigenvalue weighted by atomic mass is 16.6. The van der Waals surface area contributed by atoms with Gasteiger partial charge in [0.15, 0.2) is 11.5 Å². The van der Waals surface area contributed by atoms with Gasteiger partial charge in [-0.3, -0.25) is 4.57 Å². The van der Waals surface area contributed by atoms with Crippen LogP contribution in [-0.2, 0) is 9.47 Å². The van der Waals surface area contributed by atoms with E-state index >= 15 is 0 Å². The van der Waals surface area contributed by atoms with Crippen molar-refractivity contribution >= 4 is 29.3 Å². The van der Waals surface area contributed by atoms with Gasteiger partial charge in [-0.25, -0.2) is 25.2 Å². The van der Waals surface area contributed by atoms with E-state index in [9.17, 15) is 9.90 Å². The Morgan fingerprint density at radius 1 is 1.50 bits per heavy atom. The highest BCUT2D eigenvalue weighted by molar-refractivity contribution is 5.81. The van der Waals surface area contributed by atoms with E-state index < -0.39 is 24.5 Å². The molecule has 1 amide bonds. The summed E-state index contributed by atoms with van der Waals surface area (Å²) in [6, 6.07) is 3.37. The summed E-state index contributed by atoms with van der Waals surface area (Å²) in [6.45, 7) is -0.326. The number of hydrogen-bond donors (Lipinski definition) is 3. The number of amides is 1.